The fraction of sp³-hybridized carbons (Fsp3) is 0.233. The minimum Gasteiger partial charge on any atom is -0.457 e. The van der Waals surface area contributed by atoms with Gasteiger partial charge < -0.3 is 14.5 Å². The molecule has 6 nitrogen and oxygen atoms in total. The van der Waals surface area contributed by atoms with Gasteiger partial charge in [0.05, 0.1) is 11.6 Å². The van der Waals surface area contributed by atoms with Crippen molar-refractivity contribution in [2.75, 3.05) is 31.1 Å². The number of aromatic nitrogens is 2. The first kappa shape index (κ1) is 22.3. The summed E-state index contributed by atoms with van der Waals surface area (Å²) in [7, 11) is 0. The summed E-state index contributed by atoms with van der Waals surface area (Å²) in [5, 5.41) is 8.99. The van der Waals surface area contributed by atoms with Gasteiger partial charge in [-0.2, -0.15) is 0 Å². The van der Waals surface area contributed by atoms with Gasteiger partial charge in [-0.15, -0.1) is 10.2 Å². The lowest BCUT2D eigenvalue weighted by atomic mass is 9.86. The molecule has 0 aliphatic carbocycles. The van der Waals surface area contributed by atoms with Crippen LogP contribution in [0.25, 0.3) is 11.3 Å². The summed E-state index contributed by atoms with van der Waals surface area (Å²) in [6, 6.07) is 26.1. The van der Waals surface area contributed by atoms with Crippen LogP contribution >= 0.6 is 0 Å². The van der Waals surface area contributed by atoms with Crippen LogP contribution in [-0.2, 0) is 4.79 Å². The Morgan fingerprint density at radius 1 is 0.778 bits per heavy atom. The highest BCUT2D eigenvalue weighted by Gasteiger charge is 2.36. The second-order valence-corrected chi connectivity index (χ2v) is 9.50. The number of benzene rings is 3. The highest BCUT2D eigenvalue weighted by molar-refractivity contribution is 5.90. The van der Waals surface area contributed by atoms with Crippen molar-refractivity contribution in [3.05, 3.63) is 101 Å². The Hall–Kier alpha value is -4.19. The number of carbonyl (C=O) groups is 1. The average Bonchev–Trinajstić information content (AvgIpc) is 2.93. The molecule has 4 aromatic rings. The topological polar surface area (TPSA) is 58.6 Å². The first-order valence-corrected chi connectivity index (χ1v) is 12.4. The van der Waals surface area contributed by atoms with Gasteiger partial charge in [-0.25, -0.2) is 0 Å². The van der Waals surface area contributed by atoms with Crippen molar-refractivity contribution in [3.63, 3.8) is 0 Å². The molecule has 0 N–H and O–H groups in total. The number of fused-ring (bicyclic) bond motifs is 2. The van der Waals surface area contributed by atoms with Crippen LogP contribution in [0.1, 0.15) is 28.2 Å². The number of carbonyl (C=O) groups excluding carboxylic acids is 1. The molecular formula is C30H28N4O2. The lowest BCUT2D eigenvalue weighted by Gasteiger charge is -2.38. The fourth-order valence-corrected chi connectivity index (χ4v) is 5.06. The van der Waals surface area contributed by atoms with E-state index in [2.05, 4.69) is 47.1 Å². The normalized spacial score (nSPS) is 15.2. The summed E-state index contributed by atoms with van der Waals surface area (Å²) in [5.41, 5.74) is 6.31. The van der Waals surface area contributed by atoms with E-state index < -0.39 is 0 Å². The lowest BCUT2D eigenvalue weighted by molar-refractivity contribution is -0.132. The molecule has 0 unspecified atom stereocenters. The van der Waals surface area contributed by atoms with Crippen LogP contribution in [0.15, 0.2) is 78.9 Å². The average molecular weight is 477 g/mol. The molecule has 180 valence electrons. The van der Waals surface area contributed by atoms with E-state index in [1.165, 1.54) is 11.1 Å². The smallest absolute Gasteiger partial charge is 0.234 e. The zero-order valence-electron chi connectivity index (χ0n) is 20.5. The second-order valence-electron chi connectivity index (χ2n) is 9.50. The first-order valence-electron chi connectivity index (χ1n) is 12.4. The maximum atomic E-state index is 13.8. The second kappa shape index (κ2) is 9.11. The molecule has 0 bridgehead atoms. The number of piperazine rings is 1. The molecule has 0 spiro atoms. The van der Waals surface area contributed by atoms with Crippen LogP contribution in [0.2, 0.25) is 0 Å². The Labute approximate surface area is 211 Å². The molecule has 1 aromatic heterocycles. The quantitative estimate of drug-likeness (QED) is 0.399. The first-order chi connectivity index (χ1) is 17.6. The van der Waals surface area contributed by atoms with Crippen molar-refractivity contribution in [3.8, 4) is 22.8 Å². The predicted molar refractivity (Wildman–Crippen MR) is 141 cm³/mol. The molecule has 6 heteroatoms. The van der Waals surface area contributed by atoms with Gasteiger partial charge in [0.2, 0.25) is 5.91 Å². The van der Waals surface area contributed by atoms with Crippen molar-refractivity contribution in [1.82, 2.24) is 15.1 Å². The highest BCUT2D eigenvalue weighted by atomic mass is 16.5. The van der Waals surface area contributed by atoms with E-state index in [0.29, 0.717) is 13.1 Å². The summed E-state index contributed by atoms with van der Waals surface area (Å²) in [4.78, 5) is 18.0. The van der Waals surface area contributed by atoms with Gasteiger partial charge >= 0.3 is 0 Å². The number of hydrogen-bond donors (Lipinski definition) is 0. The maximum absolute atomic E-state index is 13.8. The highest BCUT2D eigenvalue weighted by Crippen LogP contribution is 2.44. The minimum absolute atomic E-state index is 0.119. The number of anilines is 1. The third-order valence-electron chi connectivity index (χ3n) is 7.30. The molecule has 3 heterocycles. The summed E-state index contributed by atoms with van der Waals surface area (Å²) in [6.45, 7) is 6.94. The summed E-state index contributed by atoms with van der Waals surface area (Å²) < 4.78 is 6.08. The van der Waals surface area contributed by atoms with Crippen LogP contribution in [-0.4, -0.2) is 47.2 Å². The standard InChI is InChI=1S/C30H28N4O2/c1-20-11-12-22(19-21(20)2)25-13-14-28(32-31-25)33-15-17-34(18-16-33)30(35)29-23-7-3-5-9-26(23)36-27-10-6-4-8-24(27)29/h3-14,19,29H,15-18H2,1-2H3. The van der Waals surface area contributed by atoms with Crippen molar-refractivity contribution in [2.24, 2.45) is 0 Å². The molecule has 1 saturated heterocycles. The molecule has 2 aliphatic heterocycles. The summed E-state index contributed by atoms with van der Waals surface area (Å²) in [6.07, 6.45) is 0. The van der Waals surface area contributed by atoms with E-state index in [1.54, 1.807) is 0 Å². The van der Waals surface area contributed by atoms with E-state index in [9.17, 15) is 4.79 Å². The van der Waals surface area contributed by atoms with Crippen LogP contribution in [0.3, 0.4) is 0 Å². The fourth-order valence-electron chi connectivity index (χ4n) is 5.06. The van der Waals surface area contributed by atoms with E-state index in [4.69, 9.17) is 4.74 Å². The van der Waals surface area contributed by atoms with Crippen molar-refractivity contribution in [2.45, 2.75) is 19.8 Å². The molecule has 2 aliphatic rings. The molecule has 36 heavy (non-hydrogen) atoms. The lowest BCUT2D eigenvalue weighted by Crippen LogP contribution is -2.50. The molecule has 3 aromatic carbocycles. The molecule has 0 radical (unpaired) electrons. The Balaban J connectivity index is 1.17. The zero-order chi connectivity index (χ0) is 24.6. The Morgan fingerprint density at radius 2 is 1.44 bits per heavy atom. The van der Waals surface area contributed by atoms with Crippen molar-refractivity contribution in [1.29, 1.82) is 0 Å². The van der Waals surface area contributed by atoms with E-state index >= 15 is 0 Å². The van der Waals surface area contributed by atoms with Crippen molar-refractivity contribution < 1.29 is 9.53 Å². The molecule has 6 rings (SSSR count). The van der Waals surface area contributed by atoms with E-state index in [0.717, 1.165) is 52.8 Å². The third-order valence-corrected chi connectivity index (χ3v) is 7.30. The minimum atomic E-state index is -0.352. The predicted octanol–water partition coefficient (Wildman–Crippen LogP) is 5.35. The van der Waals surface area contributed by atoms with Gasteiger partial charge in [0.25, 0.3) is 0 Å². The third kappa shape index (κ3) is 3.98. The molecule has 0 atom stereocenters. The van der Waals surface area contributed by atoms with Gasteiger partial charge in [0, 0.05) is 42.9 Å². The SMILES string of the molecule is Cc1ccc(-c2ccc(N3CCN(C(=O)C4c5ccccc5Oc5ccccc54)CC3)nn2)cc1C. The maximum Gasteiger partial charge on any atom is 0.234 e. The largest absolute Gasteiger partial charge is 0.457 e. The number of rotatable bonds is 3. The van der Waals surface area contributed by atoms with Crippen molar-refractivity contribution >= 4 is 11.7 Å². The molecule has 0 saturated carbocycles. The van der Waals surface area contributed by atoms with Gasteiger partial charge in [0.1, 0.15) is 11.5 Å². The van der Waals surface area contributed by atoms with E-state index in [1.807, 2.05) is 65.6 Å². The van der Waals surface area contributed by atoms with Crippen LogP contribution in [0, 0.1) is 13.8 Å². The van der Waals surface area contributed by atoms with Gasteiger partial charge in [0.15, 0.2) is 5.82 Å². The van der Waals surface area contributed by atoms with Crippen LogP contribution in [0.5, 0.6) is 11.5 Å². The van der Waals surface area contributed by atoms with Gasteiger partial charge in [-0.3, -0.25) is 4.79 Å². The monoisotopic (exact) mass is 476 g/mol. The Kier molecular flexibility index (Phi) is 5.64. The number of aryl methyl sites for hydroxylation is 2. The zero-order valence-corrected chi connectivity index (χ0v) is 20.5. The number of hydrogen-bond acceptors (Lipinski definition) is 5. The Bertz CT molecular complexity index is 1380. The summed E-state index contributed by atoms with van der Waals surface area (Å²) >= 11 is 0. The van der Waals surface area contributed by atoms with Gasteiger partial charge in [-0.05, 0) is 55.3 Å². The molecular weight excluding hydrogens is 448 g/mol. The molecule has 1 amide bonds. The summed E-state index contributed by atoms with van der Waals surface area (Å²) in [5.74, 6) is 2.12. The van der Waals surface area contributed by atoms with Crippen LogP contribution in [0.4, 0.5) is 5.82 Å². The van der Waals surface area contributed by atoms with Gasteiger partial charge in [-0.1, -0.05) is 48.5 Å². The molecule has 1 fully saturated rings. The number of para-hydroxylation sites is 2. The number of amides is 1. The van der Waals surface area contributed by atoms with Crippen LogP contribution < -0.4 is 9.64 Å². The number of nitrogens with zero attached hydrogens (tertiary/aromatic N) is 4. The van der Waals surface area contributed by atoms with E-state index in [-0.39, 0.29) is 11.8 Å². The Morgan fingerprint density at radius 3 is 2.06 bits per heavy atom. The number of ether oxygens (including phenoxy) is 1.